The van der Waals surface area contributed by atoms with Gasteiger partial charge in [-0.1, -0.05) is 24.9 Å². The highest BCUT2D eigenvalue weighted by atomic mass is 35.5. The molecule has 0 bridgehead atoms. The van der Waals surface area contributed by atoms with E-state index in [0.717, 1.165) is 29.6 Å². The molecule has 0 saturated heterocycles. The van der Waals surface area contributed by atoms with Crippen LogP contribution in [0.4, 0.5) is 0 Å². The maximum atomic E-state index is 6.33. The molecule has 1 aliphatic rings. The van der Waals surface area contributed by atoms with E-state index in [0.29, 0.717) is 6.04 Å². The predicted octanol–water partition coefficient (Wildman–Crippen LogP) is 3.09. The summed E-state index contributed by atoms with van der Waals surface area (Å²) in [6, 6.07) is 0.696. The van der Waals surface area contributed by atoms with Crippen LogP contribution in [0.15, 0.2) is 0 Å². The van der Waals surface area contributed by atoms with Crippen molar-refractivity contribution in [2.75, 3.05) is 6.54 Å². The zero-order valence-corrected chi connectivity index (χ0v) is 12.4. The van der Waals surface area contributed by atoms with E-state index in [1.807, 2.05) is 18.7 Å². The van der Waals surface area contributed by atoms with Gasteiger partial charge in [-0.25, -0.2) is 0 Å². The van der Waals surface area contributed by atoms with Crippen molar-refractivity contribution < 1.29 is 0 Å². The monoisotopic (exact) mass is 269 g/mol. The van der Waals surface area contributed by atoms with Crippen molar-refractivity contribution in [3.8, 4) is 0 Å². The normalized spacial score (nSPS) is 24.4. The quantitative estimate of drug-likeness (QED) is 0.910. The Bertz CT molecular complexity index is 398. The van der Waals surface area contributed by atoms with Crippen LogP contribution in [0.1, 0.15) is 44.0 Å². The van der Waals surface area contributed by atoms with Crippen molar-refractivity contribution in [1.82, 2.24) is 15.1 Å². The summed E-state index contributed by atoms with van der Waals surface area (Å²) in [6.45, 7) is 5.24. The summed E-state index contributed by atoms with van der Waals surface area (Å²) in [5.41, 5.74) is 2.16. The number of nitrogens with zero attached hydrogens (tertiary/aromatic N) is 2. The Labute approximate surface area is 115 Å². The lowest BCUT2D eigenvalue weighted by atomic mass is 9.83. The van der Waals surface area contributed by atoms with Gasteiger partial charge in [0.25, 0.3) is 0 Å². The van der Waals surface area contributed by atoms with Crippen LogP contribution in [0.3, 0.4) is 0 Å². The maximum Gasteiger partial charge on any atom is 0.0847 e. The number of halogens is 1. The molecule has 1 heterocycles. The lowest BCUT2D eigenvalue weighted by Crippen LogP contribution is -2.34. The van der Waals surface area contributed by atoms with Gasteiger partial charge in [0.15, 0.2) is 0 Å². The molecule has 1 N–H and O–H groups in total. The van der Waals surface area contributed by atoms with Crippen LogP contribution in [0, 0.1) is 12.8 Å². The van der Waals surface area contributed by atoms with Gasteiger partial charge in [0.1, 0.15) is 0 Å². The summed E-state index contributed by atoms with van der Waals surface area (Å²) in [5.74, 6) is 0.745. The van der Waals surface area contributed by atoms with Gasteiger partial charge in [-0.2, -0.15) is 5.10 Å². The van der Waals surface area contributed by atoms with Crippen LogP contribution in [-0.2, 0) is 13.5 Å². The molecule has 0 radical (unpaired) electrons. The standard InChI is InChI=1S/C14H24ClN3/c1-4-16-12-7-5-6-11(8-12)9-13-14(15)10(2)17-18(13)3/h11-12,16H,4-9H2,1-3H3. The minimum absolute atomic E-state index is 0.696. The second-order valence-corrected chi connectivity index (χ2v) is 5.84. The number of hydrogen-bond acceptors (Lipinski definition) is 2. The maximum absolute atomic E-state index is 6.33. The van der Waals surface area contributed by atoms with E-state index in [1.54, 1.807) is 0 Å². The summed E-state index contributed by atoms with van der Waals surface area (Å²) in [7, 11) is 2.00. The van der Waals surface area contributed by atoms with Crippen molar-refractivity contribution >= 4 is 11.6 Å². The molecule has 1 aliphatic carbocycles. The Balaban J connectivity index is 2.00. The Morgan fingerprint density at radius 3 is 2.83 bits per heavy atom. The van der Waals surface area contributed by atoms with Gasteiger partial charge >= 0.3 is 0 Å². The third-order valence-electron chi connectivity index (χ3n) is 4.02. The second-order valence-electron chi connectivity index (χ2n) is 5.46. The van der Waals surface area contributed by atoms with E-state index in [4.69, 9.17) is 11.6 Å². The van der Waals surface area contributed by atoms with Crippen LogP contribution in [-0.4, -0.2) is 22.4 Å². The van der Waals surface area contributed by atoms with Crippen LogP contribution in [0.25, 0.3) is 0 Å². The Hall–Kier alpha value is -0.540. The Kier molecular flexibility index (Phi) is 4.68. The number of hydrogen-bond donors (Lipinski definition) is 1. The number of nitrogens with one attached hydrogen (secondary N) is 1. The topological polar surface area (TPSA) is 29.9 Å². The predicted molar refractivity (Wildman–Crippen MR) is 76.1 cm³/mol. The summed E-state index contributed by atoms with van der Waals surface area (Å²) in [5, 5.41) is 8.84. The number of rotatable bonds is 4. The van der Waals surface area contributed by atoms with Gasteiger partial charge in [0.05, 0.1) is 16.4 Å². The lowest BCUT2D eigenvalue weighted by molar-refractivity contribution is 0.284. The molecule has 0 aliphatic heterocycles. The van der Waals surface area contributed by atoms with Gasteiger partial charge in [0.2, 0.25) is 0 Å². The molecule has 3 nitrogen and oxygen atoms in total. The van der Waals surface area contributed by atoms with Crippen LogP contribution in [0.5, 0.6) is 0 Å². The highest BCUT2D eigenvalue weighted by molar-refractivity contribution is 6.31. The van der Waals surface area contributed by atoms with Crippen molar-refractivity contribution in [1.29, 1.82) is 0 Å². The second kappa shape index (κ2) is 6.07. The molecule has 0 aromatic carbocycles. The summed E-state index contributed by atoms with van der Waals surface area (Å²) in [4.78, 5) is 0. The molecule has 2 rings (SSSR count). The minimum atomic E-state index is 0.696. The van der Waals surface area contributed by atoms with Crippen molar-refractivity contribution in [2.24, 2.45) is 13.0 Å². The van der Waals surface area contributed by atoms with E-state index in [2.05, 4.69) is 17.3 Å². The largest absolute Gasteiger partial charge is 0.314 e. The molecule has 0 amide bonds. The Morgan fingerprint density at radius 2 is 2.22 bits per heavy atom. The first-order chi connectivity index (χ1) is 8.61. The smallest absolute Gasteiger partial charge is 0.0847 e. The van der Waals surface area contributed by atoms with Gasteiger partial charge < -0.3 is 5.32 Å². The minimum Gasteiger partial charge on any atom is -0.314 e. The molecule has 0 spiro atoms. The average Bonchev–Trinajstić information content (AvgIpc) is 2.57. The molecule has 1 aromatic rings. The van der Waals surface area contributed by atoms with E-state index < -0.39 is 0 Å². The molecule has 2 unspecified atom stereocenters. The highest BCUT2D eigenvalue weighted by Gasteiger charge is 2.24. The molecule has 1 saturated carbocycles. The highest BCUT2D eigenvalue weighted by Crippen LogP contribution is 2.30. The Morgan fingerprint density at radius 1 is 1.44 bits per heavy atom. The van der Waals surface area contributed by atoms with Crippen LogP contribution < -0.4 is 5.32 Å². The molecular weight excluding hydrogens is 246 g/mol. The first-order valence-electron chi connectivity index (χ1n) is 7.03. The molecular formula is C14H24ClN3. The van der Waals surface area contributed by atoms with Crippen molar-refractivity contribution in [3.63, 3.8) is 0 Å². The lowest BCUT2D eigenvalue weighted by Gasteiger charge is -2.29. The zero-order chi connectivity index (χ0) is 13.1. The van der Waals surface area contributed by atoms with Gasteiger partial charge in [0, 0.05) is 13.1 Å². The van der Waals surface area contributed by atoms with Gasteiger partial charge in [-0.05, 0) is 45.1 Å². The van der Waals surface area contributed by atoms with Crippen LogP contribution in [0.2, 0.25) is 5.02 Å². The van der Waals surface area contributed by atoms with Gasteiger partial charge in [-0.15, -0.1) is 0 Å². The van der Waals surface area contributed by atoms with E-state index in [9.17, 15) is 0 Å². The molecule has 1 fully saturated rings. The average molecular weight is 270 g/mol. The van der Waals surface area contributed by atoms with Gasteiger partial charge in [-0.3, -0.25) is 4.68 Å². The number of aromatic nitrogens is 2. The van der Waals surface area contributed by atoms with Crippen LogP contribution >= 0.6 is 11.6 Å². The first-order valence-corrected chi connectivity index (χ1v) is 7.41. The molecule has 102 valence electrons. The molecule has 2 atom stereocenters. The third kappa shape index (κ3) is 3.07. The molecule has 4 heteroatoms. The third-order valence-corrected chi connectivity index (χ3v) is 4.51. The van der Waals surface area contributed by atoms with Crippen molar-refractivity contribution in [2.45, 2.75) is 52.0 Å². The van der Waals surface area contributed by atoms with E-state index >= 15 is 0 Å². The first kappa shape index (κ1) is 13.9. The summed E-state index contributed by atoms with van der Waals surface area (Å²) in [6.07, 6.45) is 6.31. The van der Waals surface area contributed by atoms with Crippen molar-refractivity contribution in [3.05, 3.63) is 16.4 Å². The SMILES string of the molecule is CCNC1CCCC(Cc2c(Cl)c(C)nn2C)C1. The fourth-order valence-corrected chi connectivity index (χ4v) is 3.36. The van der Waals surface area contributed by atoms with E-state index in [1.165, 1.54) is 31.4 Å². The fraction of sp³-hybridized carbons (Fsp3) is 0.786. The fourth-order valence-electron chi connectivity index (χ4n) is 3.13. The summed E-state index contributed by atoms with van der Waals surface area (Å²) < 4.78 is 1.95. The molecule has 1 aromatic heterocycles. The zero-order valence-electron chi connectivity index (χ0n) is 11.7. The van der Waals surface area contributed by atoms with E-state index in [-0.39, 0.29) is 0 Å². The summed E-state index contributed by atoms with van der Waals surface area (Å²) >= 11 is 6.33. The number of aryl methyl sites for hydroxylation is 2. The molecule has 18 heavy (non-hydrogen) atoms.